The molecule has 0 heterocycles. The predicted molar refractivity (Wildman–Crippen MR) is 61.6 cm³/mol. The van der Waals surface area contributed by atoms with E-state index in [-0.39, 0.29) is 12.1 Å². The maximum atomic E-state index is 12.7. The summed E-state index contributed by atoms with van der Waals surface area (Å²) in [5.74, 6) is -0.619. The first-order valence-electron chi connectivity index (χ1n) is 5.34. The highest BCUT2D eigenvalue weighted by molar-refractivity contribution is 5.83. The lowest BCUT2D eigenvalue weighted by Gasteiger charge is -2.23. The number of benzene rings is 1. The zero-order chi connectivity index (χ0) is 14.0. The lowest BCUT2D eigenvalue weighted by atomic mass is 10.0. The number of hydrogen-bond donors (Lipinski definition) is 2. The molecule has 0 unspecified atom stereocenters. The van der Waals surface area contributed by atoms with E-state index in [0.717, 1.165) is 6.07 Å². The van der Waals surface area contributed by atoms with Crippen molar-refractivity contribution in [3.05, 3.63) is 35.4 Å². The van der Waals surface area contributed by atoms with E-state index in [1.807, 2.05) is 0 Å². The highest BCUT2D eigenvalue weighted by atomic mass is 19.4. The number of hydrogen-bond acceptors (Lipinski definition) is 2. The predicted octanol–water partition coefficient (Wildman–Crippen LogP) is 2.06. The van der Waals surface area contributed by atoms with Crippen molar-refractivity contribution < 1.29 is 18.0 Å². The summed E-state index contributed by atoms with van der Waals surface area (Å²) in [5.41, 5.74) is 3.45. The van der Waals surface area contributed by atoms with Gasteiger partial charge in [0, 0.05) is 6.54 Å². The number of nitrogens with one attached hydrogen (secondary N) is 1. The van der Waals surface area contributed by atoms with Crippen LogP contribution in [0, 0.1) is 0 Å². The summed E-state index contributed by atoms with van der Waals surface area (Å²) in [4.78, 5) is 11.1. The summed E-state index contributed by atoms with van der Waals surface area (Å²) in [5, 5.41) is 2.71. The summed E-state index contributed by atoms with van der Waals surface area (Å²) in [6.45, 7) is 2.96. The molecule has 0 fully saturated rings. The van der Waals surface area contributed by atoms with Crippen molar-refractivity contribution in [3.63, 3.8) is 0 Å². The van der Waals surface area contributed by atoms with Crippen LogP contribution in [0.4, 0.5) is 13.2 Å². The second kappa shape index (κ2) is 4.97. The third kappa shape index (κ3) is 3.46. The van der Waals surface area contributed by atoms with E-state index in [1.54, 1.807) is 0 Å². The SMILES string of the molecule is CC(C)(NCc1ccccc1C(F)(F)F)C(N)=O. The average Bonchev–Trinajstić information content (AvgIpc) is 2.25. The van der Waals surface area contributed by atoms with E-state index in [0.29, 0.717) is 0 Å². The summed E-state index contributed by atoms with van der Waals surface area (Å²) < 4.78 is 38.1. The monoisotopic (exact) mass is 260 g/mol. The minimum Gasteiger partial charge on any atom is -0.368 e. The lowest BCUT2D eigenvalue weighted by Crippen LogP contribution is -2.50. The Morgan fingerprint density at radius 2 is 1.83 bits per heavy atom. The molecule has 1 aromatic carbocycles. The molecular formula is C12H15F3N2O. The molecule has 0 aliphatic carbocycles. The Bertz CT molecular complexity index is 441. The molecule has 18 heavy (non-hydrogen) atoms. The van der Waals surface area contributed by atoms with Crippen molar-refractivity contribution in [2.45, 2.75) is 32.1 Å². The third-order valence-corrected chi connectivity index (χ3v) is 2.66. The van der Waals surface area contributed by atoms with Gasteiger partial charge in [-0.1, -0.05) is 18.2 Å². The van der Waals surface area contributed by atoms with E-state index in [9.17, 15) is 18.0 Å². The van der Waals surface area contributed by atoms with Gasteiger partial charge in [0.05, 0.1) is 11.1 Å². The van der Waals surface area contributed by atoms with Crippen LogP contribution in [0.1, 0.15) is 25.0 Å². The molecule has 0 saturated heterocycles. The van der Waals surface area contributed by atoms with Gasteiger partial charge in [0.25, 0.3) is 0 Å². The number of halogens is 3. The molecule has 0 aliphatic rings. The maximum absolute atomic E-state index is 12.7. The smallest absolute Gasteiger partial charge is 0.368 e. The van der Waals surface area contributed by atoms with Crippen molar-refractivity contribution in [1.82, 2.24) is 5.32 Å². The lowest BCUT2D eigenvalue weighted by molar-refractivity contribution is -0.138. The zero-order valence-electron chi connectivity index (χ0n) is 10.1. The van der Waals surface area contributed by atoms with Gasteiger partial charge in [-0.25, -0.2) is 0 Å². The quantitative estimate of drug-likeness (QED) is 0.870. The highest BCUT2D eigenvalue weighted by Gasteiger charge is 2.33. The molecule has 0 bridgehead atoms. The molecule has 3 N–H and O–H groups in total. The molecule has 6 heteroatoms. The molecule has 0 aliphatic heterocycles. The van der Waals surface area contributed by atoms with Gasteiger partial charge in [-0.15, -0.1) is 0 Å². The number of carbonyl (C=O) groups is 1. The fourth-order valence-corrected chi connectivity index (χ4v) is 1.35. The fraction of sp³-hybridized carbons (Fsp3) is 0.417. The molecule has 1 aromatic rings. The van der Waals surface area contributed by atoms with Gasteiger partial charge in [0.2, 0.25) is 5.91 Å². The number of primary amides is 1. The molecule has 0 spiro atoms. The minimum absolute atomic E-state index is 0.0778. The average molecular weight is 260 g/mol. The minimum atomic E-state index is -4.41. The number of rotatable bonds is 4. The Labute approximate surface area is 103 Å². The van der Waals surface area contributed by atoms with Crippen LogP contribution in [-0.4, -0.2) is 11.4 Å². The standard InChI is InChI=1S/C12H15F3N2O/c1-11(2,10(16)18)17-7-8-5-3-4-6-9(8)12(13,14)15/h3-6,17H,7H2,1-2H3,(H2,16,18). The van der Waals surface area contributed by atoms with Crippen molar-refractivity contribution in [2.75, 3.05) is 0 Å². The topological polar surface area (TPSA) is 55.1 Å². The first kappa shape index (κ1) is 14.5. The van der Waals surface area contributed by atoms with Gasteiger partial charge < -0.3 is 5.73 Å². The number of nitrogens with two attached hydrogens (primary N) is 1. The Morgan fingerprint density at radius 3 is 2.33 bits per heavy atom. The molecule has 1 rings (SSSR count). The van der Waals surface area contributed by atoms with Gasteiger partial charge in [-0.2, -0.15) is 13.2 Å². The summed E-state index contributed by atoms with van der Waals surface area (Å²) in [7, 11) is 0. The van der Waals surface area contributed by atoms with E-state index < -0.39 is 23.2 Å². The number of alkyl halides is 3. The molecule has 0 radical (unpaired) electrons. The largest absolute Gasteiger partial charge is 0.416 e. The first-order chi connectivity index (χ1) is 8.14. The highest BCUT2D eigenvalue weighted by Crippen LogP contribution is 2.31. The van der Waals surface area contributed by atoms with E-state index >= 15 is 0 Å². The molecule has 1 amide bonds. The molecule has 0 aromatic heterocycles. The van der Waals surface area contributed by atoms with Crippen molar-refractivity contribution >= 4 is 5.91 Å². The Kier molecular flexibility index (Phi) is 4.01. The summed E-state index contributed by atoms with van der Waals surface area (Å²) in [6, 6.07) is 5.22. The summed E-state index contributed by atoms with van der Waals surface area (Å²) in [6.07, 6.45) is -4.41. The van der Waals surface area contributed by atoms with Gasteiger partial charge in [0.15, 0.2) is 0 Å². The van der Waals surface area contributed by atoms with Crippen LogP contribution in [0.3, 0.4) is 0 Å². The second-order valence-electron chi connectivity index (χ2n) is 4.50. The van der Waals surface area contributed by atoms with Gasteiger partial charge in [-0.05, 0) is 25.5 Å². The van der Waals surface area contributed by atoms with Gasteiger partial charge in [0.1, 0.15) is 0 Å². The van der Waals surface area contributed by atoms with Gasteiger partial charge >= 0.3 is 6.18 Å². The van der Waals surface area contributed by atoms with Crippen LogP contribution in [0.5, 0.6) is 0 Å². The fourth-order valence-electron chi connectivity index (χ4n) is 1.35. The Balaban J connectivity index is 2.90. The normalized spacial score (nSPS) is 12.5. The van der Waals surface area contributed by atoms with Crippen LogP contribution in [-0.2, 0) is 17.5 Å². The van der Waals surface area contributed by atoms with Gasteiger partial charge in [-0.3, -0.25) is 10.1 Å². The Morgan fingerprint density at radius 1 is 1.28 bits per heavy atom. The van der Waals surface area contributed by atoms with Crippen LogP contribution in [0.15, 0.2) is 24.3 Å². The molecule has 3 nitrogen and oxygen atoms in total. The maximum Gasteiger partial charge on any atom is 0.416 e. The van der Waals surface area contributed by atoms with E-state index in [4.69, 9.17) is 5.73 Å². The molecule has 0 atom stereocenters. The van der Waals surface area contributed by atoms with Crippen molar-refractivity contribution in [1.29, 1.82) is 0 Å². The van der Waals surface area contributed by atoms with Crippen molar-refractivity contribution in [2.24, 2.45) is 5.73 Å². The van der Waals surface area contributed by atoms with Crippen LogP contribution in [0.25, 0.3) is 0 Å². The van der Waals surface area contributed by atoms with Crippen LogP contribution >= 0.6 is 0 Å². The molecule has 0 saturated carbocycles. The first-order valence-corrected chi connectivity index (χ1v) is 5.34. The molecular weight excluding hydrogens is 245 g/mol. The van der Waals surface area contributed by atoms with E-state index in [2.05, 4.69) is 5.32 Å². The summed E-state index contributed by atoms with van der Waals surface area (Å²) >= 11 is 0. The molecule has 100 valence electrons. The van der Waals surface area contributed by atoms with Crippen molar-refractivity contribution in [3.8, 4) is 0 Å². The number of amides is 1. The Hall–Kier alpha value is -1.56. The van der Waals surface area contributed by atoms with E-state index in [1.165, 1.54) is 32.0 Å². The third-order valence-electron chi connectivity index (χ3n) is 2.66. The number of carbonyl (C=O) groups excluding carboxylic acids is 1. The van der Waals surface area contributed by atoms with Crippen LogP contribution in [0.2, 0.25) is 0 Å². The second-order valence-corrected chi connectivity index (χ2v) is 4.50. The van der Waals surface area contributed by atoms with Crippen LogP contribution < -0.4 is 11.1 Å². The zero-order valence-corrected chi connectivity index (χ0v) is 10.1.